The van der Waals surface area contributed by atoms with Crippen LogP contribution in [0.2, 0.25) is 0 Å². The van der Waals surface area contributed by atoms with Crippen LogP contribution in [0.5, 0.6) is 0 Å². The molecule has 2 amide bonds. The molecule has 0 aromatic rings. The fourth-order valence-electron chi connectivity index (χ4n) is 0.351. The van der Waals surface area contributed by atoms with Gasteiger partial charge in [-0.2, -0.15) is 0 Å². The Morgan fingerprint density at radius 2 is 2.25 bits per heavy atom. The third-order valence-electron chi connectivity index (χ3n) is 0.653. The van der Waals surface area contributed by atoms with Gasteiger partial charge in [0.25, 0.3) is 5.91 Å². The van der Waals surface area contributed by atoms with Crippen LogP contribution in [-0.4, -0.2) is 18.2 Å². The molecular formula is C4H3N2O2. The number of rotatable bonds is 0. The van der Waals surface area contributed by atoms with Gasteiger partial charge in [0.1, 0.15) is 6.42 Å². The molecule has 0 atom stereocenters. The average molecular weight is 111 g/mol. The third kappa shape index (κ3) is 0.900. The zero-order valence-corrected chi connectivity index (χ0v) is 3.92. The molecule has 0 aromatic heterocycles. The molecule has 0 saturated carbocycles. The molecule has 0 bridgehead atoms. The predicted octanol–water partition coefficient (Wildman–Crippen LogP) is -1.12. The Bertz CT molecular complexity index is 161. The summed E-state index contributed by atoms with van der Waals surface area (Å²) in [6.07, 6.45) is 1.96. The average Bonchev–Trinajstić information content (AvgIpc) is 1.64. The summed E-state index contributed by atoms with van der Waals surface area (Å²) in [5.74, 6) is -0.918. The number of carbonyl (C=O) groups is 2. The van der Waals surface area contributed by atoms with E-state index in [4.69, 9.17) is 0 Å². The monoisotopic (exact) mass is 111 g/mol. The number of hydrogen-bond donors (Lipinski definition) is 1. The van der Waals surface area contributed by atoms with Crippen molar-refractivity contribution < 1.29 is 9.59 Å². The molecule has 0 spiro atoms. The first-order valence-corrected chi connectivity index (χ1v) is 2.01. The zero-order chi connectivity index (χ0) is 5.98. The largest absolute Gasteiger partial charge is 0.316 e. The number of amides is 2. The van der Waals surface area contributed by atoms with Crippen molar-refractivity contribution in [2.75, 3.05) is 0 Å². The van der Waals surface area contributed by atoms with Crippen LogP contribution in [0.25, 0.3) is 0 Å². The van der Waals surface area contributed by atoms with Gasteiger partial charge in [0, 0.05) is 0 Å². The van der Waals surface area contributed by atoms with Gasteiger partial charge in [-0.15, -0.1) is 0 Å². The van der Waals surface area contributed by atoms with Crippen molar-refractivity contribution in [2.45, 2.75) is 0 Å². The lowest BCUT2D eigenvalue weighted by Crippen LogP contribution is -2.29. The first-order valence-electron chi connectivity index (χ1n) is 2.01. The van der Waals surface area contributed by atoms with Crippen LogP contribution in [0.4, 0.5) is 0 Å². The first-order chi connectivity index (χ1) is 3.79. The Morgan fingerprint density at radius 3 is 2.62 bits per heavy atom. The van der Waals surface area contributed by atoms with Gasteiger partial charge >= 0.3 is 0 Å². The SMILES string of the molecule is O=C1[CH]C(=O)NC=N1. The Kier molecular flexibility index (Phi) is 1.07. The molecule has 8 heavy (non-hydrogen) atoms. The molecule has 4 nitrogen and oxygen atoms in total. The van der Waals surface area contributed by atoms with Crippen molar-refractivity contribution in [2.24, 2.45) is 4.99 Å². The summed E-state index contributed by atoms with van der Waals surface area (Å²) in [6.45, 7) is 0. The molecule has 1 N–H and O–H groups in total. The fraction of sp³-hybridized carbons (Fsp3) is 0. The molecule has 0 aromatic carbocycles. The van der Waals surface area contributed by atoms with Gasteiger partial charge in [0.2, 0.25) is 5.91 Å². The van der Waals surface area contributed by atoms with Crippen LogP contribution in [0.15, 0.2) is 4.99 Å². The fourth-order valence-corrected chi connectivity index (χ4v) is 0.351. The summed E-state index contributed by atoms with van der Waals surface area (Å²) in [5.41, 5.74) is 0. The van der Waals surface area contributed by atoms with Gasteiger partial charge in [-0.05, 0) is 0 Å². The molecule has 1 aliphatic heterocycles. The first kappa shape index (κ1) is 4.96. The second kappa shape index (κ2) is 1.73. The second-order valence-corrected chi connectivity index (χ2v) is 1.25. The van der Waals surface area contributed by atoms with Crippen LogP contribution in [0.3, 0.4) is 0 Å². The van der Waals surface area contributed by atoms with Gasteiger partial charge in [-0.25, -0.2) is 4.99 Å². The van der Waals surface area contributed by atoms with E-state index in [0.717, 1.165) is 12.8 Å². The molecule has 0 aliphatic carbocycles. The summed E-state index contributed by atoms with van der Waals surface area (Å²) >= 11 is 0. The molecule has 4 heteroatoms. The maximum atomic E-state index is 10.2. The summed E-state index contributed by atoms with van der Waals surface area (Å²) < 4.78 is 0. The number of hydrogen-bond acceptors (Lipinski definition) is 2. The summed E-state index contributed by atoms with van der Waals surface area (Å²) in [7, 11) is 0. The standard InChI is InChI=1S/C4H3N2O2/c7-3-1-4(8)6-2-5-3/h1-2H,(H,5,6,7,8). The number of carbonyl (C=O) groups excluding carboxylic acids is 2. The molecule has 1 heterocycles. The Hall–Kier alpha value is -1.19. The maximum Gasteiger partial charge on any atom is 0.261 e. The van der Waals surface area contributed by atoms with Crippen molar-refractivity contribution in [3.63, 3.8) is 0 Å². The van der Waals surface area contributed by atoms with Crippen LogP contribution in [0, 0.1) is 6.42 Å². The highest BCUT2D eigenvalue weighted by Crippen LogP contribution is 1.85. The number of nitrogens with zero attached hydrogens (tertiary/aromatic N) is 1. The summed E-state index contributed by atoms with van der Waals surface area (Å²) in [6, 6.07) is 0. The van der Waals surface area contributed by atoms with Gasteiger partial charge < -0.3 is 5.32 Å². The van der Waals surface area contributed by atoms with Crippen LogP contribution in [-0.2, 0) is 9.59 Å². The van der Waals surface area contributed by atoms with E-state index in [0.29, 0.717) is 0 Å². The Labute approximate surface area is 45.6 Å². The highest BCUT2D eigenvalue weighted by molar-refractivity contribution is 6.16. The molecule has 1 aliphatic rings. The van der Waals surface area contributed by atoms with Crippen molar-refractivity contribution >= 4 is 18.2 Å². The normalized spacial score (nSPS) is 18.5. The Morgan fingerprint density at radius 1 is 1.50 bits per heavy atom. The van der Waals surface area contributed by atoms with Crippen LogP contribution in [0.1, 0.15) is 0 Å². The van der Waals surface area contributed by atoms with Crippen LogP contribution >= 0.6 is 0 Å². The molecular weight excluding hydrogens is 108 g/mol. The molecule has 0 saturated heterocycles. The number of aliphatic imine (C=N–C) groups is 1. The van der Waals surface area contributed by atoms with E-state index >= 15 is 0 Å². The van der Waals surface area contributed by atoms with E-state index in [-0.39, 0.29) is 0 Å². The summed E-state index contributed by atoms with van der Waals surface area (Å²) in [5, 5.41) is 2.21. The van der Waals surface area contributed by atoms with Crippen molar-refractivity contribution in [3.05, 3.63) is 6.42 Å². The lowest BCUT2D eigenvalue weighted by molar-refractivity contribution is -0.122. The van der Waals surface area contributed by atoms with E-state index in [1.165, 1.54) is 0 Å². The lowest BCUT2D eigenvalue weighted by Gasteiger charge is -1.98. The van der Waals surface area contributed by atoms with E-state index in [1.54, 1.807) is 0 Å². The highest BCUT2D eigenvalue weighted by Gasteiger charge is 2.10. The van der Waals surface area contributed by atoms with Gasteiger partial charge in [-0.3, -0.25) is 9.59 Å². The Balaban J connectivity index is 2.68. The topological polar surface area (TPSA) is 58.5 Å². The minimum Gasteiger partial charge on any atom is -0.316 e. The third-order valence-corrected chi connectivity index (χ3v) is 0.653. The molecule has 0 fully saturated rings. The lowest BCUT2D eigenvalue weighted by atomic mass is 10.4. The number of nitrogens with one attached hydrogen (secondary N) is 1. The summed E-state index contributed by atoms with van der Waals surface area (Å²) in [4.78, 5) is 23.6. The molecule has 1 rings (SSSR count). The smallest absolute Gasteiger partial charge is 0.261 e. The van der Waals surface area contributed by atoms with Crippen molar-refractivity contribution in [1.29, 1.82) is 0 Å². The van der Waals surface area contributed by atoms with Gasteiger partial charge in [0.05, 0.1) is 6.34 Å². The van der Waals surface area contributed by atoms with E-state index in [1.807, 2.05) is 0 Å². The van der Waals surface area contributed by atoms with E-state index in [2.05, 4.69) is 10.3 Å². The van der Waals surface area contributed by atoms with E-state index < -0.39 is 11.8 Å². The van der Waals surface area contributed by atoms with Gasteiger partial charge in [0.15, 0.2) is 0 Å². The highest BCUT2D eigenvalue weighted by atomic mass is 16.2. The minimum atomic E-state index is -0.506. The molecule has 1 radical (unpaired) electrons. The molecule has 41 valence electrons. The van der Waals surface area contributed by atoms with E-state index in [9.17, 15) is 9.59 Å². The van der Waals surface area contributed by atoms with Crippen molar-refractivity contribution in [1.82, 2.24) is 5.32 Å². The molecule has 0 unspecified atom stereocenters. The quantitative estimate of drug-likeness (QED) is 0.430. The predicted molar refractivity (Wildman–Crippen MR) is 25.9 cm³/mol. The zero-order valence-electron chi connectivity index (χ0n) is 3.92. The maximum absolute atomic E-state index is 10.2. The van der Waals surface area contributed by atoms with Crippen molar-refractivity contribution in [3.8, 4) is 0 Å². The minimum absolute atomic E-state index is 0.412. The van der Waals surface area contributed by atoms with Crippen LogP contribution < -0.4 is 5.32 Å². The van der Waals surface area contributed by atoms with Gasteiger partial charge in [-0.1, -0.05) is 0 Å². The second-order valence-electron chi connectivity index (χ2n) is 1.25.